The Morgan fingerprint density at radius 3 is 2.17 bits per heavy atom. The van der Waals surface area contributed by atoms with Gasteiger partial charge in [-0.3, -0.25) is 14.9 Å². The Morgan fingerprint density at radius 2 is 1.57 bits per heavy atom. The number of nitrogens with two attached hydrogens (primary N) is 1. The number of methoxy groups -OCH3 is 1. The molecule has 42 heavy (non-hydrogen) atoms. The van der Waals surface area contributed by atoms with E-state index in [9.17, 15) is 14.4 Å². The van der Waals surface area contributed by atoms with E-state index in [1.165, 1.54) is 17.7 Å². The number of hydrogen-bond donors (Lipinski definition) is 3. The highest BCUT2D eigenvalue weighted by molar-refractivity contribution is 6.32. The van der Waals surface area contributed by atoms with E-state index in [1.807, 2.05) is 49.4 Å². The van der Waals surface area contributed by atoms with Gasteiger partial charge in [0, 0.05) is 23.3 Å². The molecule has 4 rings (SSSR count). The fraction of sp³-hybridized carbons (Fsp3) is 0.250. The van der Waals surface area contributed by atoms with Crippen LogP contribution in [0.15, 0.2) is 89.7 Å². The molecular weight excluding hydrogens is 534 g/mol. The zero-order valence-electron chi connectivity index (χ0n) is 24.3. The van der Waals surface area contributed by atoms with Crippen LogP contribution in [0.4, 0.5) is 27.5 Å². The van der Waals surface area contributed by atoms with Crippen molar-refractivity contribution < 1.29 is 23.9 Å². The molecule has 10 nitrogen and oxygen atoms in total. The first-order valence-corrected chi connectivity index (χ1v) is 13.7. The summed E-state index contributed by atoms with van der Waals surface area (Å²) >= 11 is 0. The Labute approximate surface area is 246 Å². The number of ether oxygens (including phenoxy) is 2. The number of aryl methyl sites for hydroxylation is 2. The highest BCUT2D eigenvalue weighted by Gasteiger charge is 2.32. The number of carbonyl (C=O) groups excluding carboxylic acids is 3. The molecule has 0 saturated carbocycles. The van der Waals surface area contributed by atoms with Crippen molar-refractivity contribution in [2.75, 3.05) is 35.1 Å². The van der Waals surface area contributed by atoms with Crippen molar-refractivity contribution in [1.82, 2.24) is 0 Å². The average molecular weight is 572 g/mol. The SMILES string of the molecule is CCOC(=O)CC1=NN(c2ccc(NC(=O)OC)cc2)C(=O)/C1=C/Nc1ccccc1CC.CCc1ccccc1N. The third-order valence-corrected chi connectivity index (χ3v) is 6.32. The van der Waals surface area contributed by atoms with Crippen LogP contribution in [0.25, 0.3) is 0 Å². The first-order valence-electron chi connectivity index (χ1n) is 13.7. The molecule has 3 aromatic rings. The lowest BCUT2D eigenvalue weighted by Gasteiger charge is -2.13. The van der Waals surface area contributed by atoms with E-state index in [0.29, 0.717) is 17.1 Å². The van der Waals surface area contributed by atoms with E-state index in [4.69, 9.17) is 10.5 Å². The summed E-state index contributed by atoms with van der Waals surface area (Å²) in [6, 6.07) is 22.2. The fourth-order valence-electron chi connectivity index (χ4n) is 4.09. The topological polar surface area (TPSA) is 135 Å². The number of hydrogen-bond acceptors (Lipinski definition) is 8. The number of benzene rings is 3. The largest absolute Gasteiger partial charge is 0.466 e. The Balaban J connectivity index is 0.000000458. The van der Waals surface area contributed by atoms with Crippen molar-refractivity contribution in [3.8, 4) is 0 Å². The standard InChI is InChI=1S/C24H26N4O5.C8H11N/c1-4-16-8-6-7-9-20(16)25-15-19-21(14-22(29)33-5-2)27-28(23(19)30)18-12-10-17(11-13-18)26-24(31)32-3;1-2-7-5-3-4-6-8(7)9/h6-13,15,25H,4-5,14H2,1-3H3,(H,26,31);3-6H,2,9H2,1H3/b19-15+;. The van der Waals surface area contributed by atoms with Gasteiger partial charge in [0.1, 0.15) is 0 Å². The number of amides is 2. The second kappa shape index (κ2) is 15.6. The van der Waals surface area contributed by atoms with Crippen molar-refractivity contribution in [2.45, 2.75) is 40.0 Å². The lowest BCUT2D eigenvalue weighted by atomic mass is 10.1. The summed E-state index contributed by atoms with van der Waals surface area (Å²) in [5, 5.41) is 11.3. The van der Waals surface area contributed by atoms with Crippen molar-refractivity contribution in [2.24, 2.45) is 5.10 Å². The third-order valence-electron chi connectivity index (χ3n) is 6.32. The lowest BCUT2D eigenvalue weighted by molar-refractivity contribution is -0.141. The van der Waals surface area contributed by atoms with E-state index in [2.05, 4.69) is 33.5 Å². The molecule has 1 heterocycles. The molecular formula is C32H37N5O5. The molecule has 2 amide bonds. The number of rotatable bonds is 9. The van der Waals surface area contributed by atoms with Crippen molar-refractivity contribution in [1.29, 1.82) is 0 Å². The molecule has 10 heteroatoms. The highest BCUT2D eigenvalue weighted by atomic mass is 16.5. The third kappa shape index (κ3) is 8.44. The van der Waals surface area contributed by atoms with Gasteiger partial charge in [-0.15, -0.1) is 0 Å². The molecule has 0 bridgehead atoms. The number of hydrazone groups is 1. The summed E-state index contributed by atoms with van der Waals surface area (Å²) < 4.78 is 9.61. The van der Waals surface area contributed by atoms with Crippen LogP contribution in [-0.2, 0) is 31.9 Å². The molecule has 220 valence electrons. The minimum Gasteiger partial charge on any atom is -0.466 e. The van der Waals surface area contributed by atoms with Crippen LogP contribution < -0.4 is 21.4 Å². The summed E-state index contributed by atoms with van der Waals surface area (Å²) in [6.45, 7) is 6.10. The zero-order chi connectivity index (χ0) is 30.5. The van der Waals surface area contributed by atoms with Crippen molar-refractivity contribution >= 4 is 46.4 Å². The lowest BCUT2D eigenvalue weighted by Crippen LogP contribution is -2.22. The van der Waals surface area contributed by atoms with Crippen LogP contribution in [0.2, 0.25) is 0 Å². The maximum absolute atomic E-state index is 13.2. The van der Waals surface area contributed by atoms with Crippen LogP contribution >= 0.6 is 0 Å². The summed E-state index contributed by atoms with van der Waals surface area (Å²) in [6.07, 6.45) is 2.68. The predicted molar refractivity (Wildman–Crippen MR) is 166 cm³/mol. The monoisotopic (exact) mass is 571 g/mol. The number of carbonyl (C=O) groups is 3. The summed E-state index contributed by atoms with van der Waals surface area (Å²) in [5.74, 6) is -0.854. The minimum atomic E-state index is -0.599. The summed E-state index contributed by atoms with van der Waals surface area (Å²) in [7, 11) is 1.27. The number of nitrogens with one attached hydrogen (secondary N) is 2. The summed E-state index contributed by atoms with van der Waals surface area (Å²) in [4.78, 5) is 36.7. The van der Waals surface area contributed by atoms with E-state index >= 15 is 0 Å². The average Bonchev–Trinajstić information content (AvgIpc) is 3.31. The number of nitrogen functional groups attached to an aromatic ring is 1. The van der Waals surface area contributed by atoms with Gasteiger partial charge in [-0.1, -0.05) is 50.2 Å². The van der Waals surface area contributed by atoms with E-state index in [0.717, 1.165) is 29.8 Å². The van der Waals surface area contributed by atoms with Crippen LogP contribution in [0.5, 0.6) is 0 Å². The Kier molecular flexibility index (Phi) is 11.7. The van der Waals surface area contributed by atoms with Gasteiger partial charge in [0.15, 0.2) is 0 Å². The fourth-order valence-corrected chi connectivity index (χ4v) is 4.09. The number of para-hydroxylation sites is 2. The van der Waals surface area contributed by atoms with Gasteiger partial charge in [-0.2, -0.15) is 10.1 Å². The molecule has 0 unspecified atom stereocenters. The van der Waals surface area contributed by atoms with Gasteiger partial charge < -0.3 is 20.5 Å². The van der Waals surface area contributed by atoms with Gasteiger partial charge in [-0.25, -0.2) is 4.79 Å². The summed E-state index contributed by atoms with van der Waals surface area (Å²) in [5.41, 5.74) is 11.3. The van der Waals surface area contributed by atoms with Gasteiger partial charge in [0.25, 0.3) is 5.91 Å². The first-order chi connectivity index (χ1) is 20.3. The van der Waals surface area contributed by atoms with Gasteiger partial charge in [-0.05, 0) is 67.3 Å². The zero-order valence-corrected chi connectivity index (χ0v) is 24.3. The second-order valence-corrected chi connectivity index (χ2v) is 9.07. The van der Waals surface area contributed by atoms with E-state index < -0.39 is 12.1 Å². The molecule has 0 spiro atoms. The molecule has 0 fully saturated rings. The maximum Gasteiger partial charge on any atom is 0.411 e. The van der Waals surface area contributed by atoms with E-state index in [-0.39, 0.29) is 24.5 Å². The first kappa shape index (κ1) is 31.4. The van der Waals surface area contributed by atoms with Gasteiger partial charge in [0.05, 0.1) is 37.1 Å². The number of nitrogens with zero attached hydrogens (tertiary/aromatic N) is 2. The maximum atomic E-state index is 13.2. The highest BCUT2D eigenvalue weighted by Crippen LogP contribution is 2.27. The normalized spacial score (nSPS) is 13.1. The van der Waals surface area contributed by atoms with Crippen molar-refractivity contribution in [3.63, 3.8) is 0 Å². The van der Waals surface area contributed by atoms with Crippen LogP contribution in [0.3, 0.4) is 0 Å². The second-order valence-electron chi connectivity index (χ2n) is 9.07. The van der Waals surface area contributed by atoms with Crippen LogP contribution in [-0.4, -0.2) is 37.4 Å². The van der Waals surface area contributed by atoms with Crippen LogP contribution in [0, 0.1) is 0 Å². The number of esters is 1. The molecule has 0 aliphatic carbocycles. The predicted octanol–water partition coefficient (Wildman–Crippen LogP) is 5.91. The Morgan fingerprint density at radius 1 is 0.929 bits per heavy atom. The molecule has 1 aliphatic heterocycles. The van der Waals surface area contributed by atoms with Crippen LogP contribution in [0.1, 0.15) is 38.3 Å². The molecule has 0 radical (unpaired) electrons. The minimum absolute atomic E-state index is 0.138. The van der Waals surface area contributed by atoms with E-state index in [1.54, 1.807) is 37.4 Å². The smallest absolute Gasteiger partial charge is 0.411 e. The Bertz CT molecular complexity index is 1450. The number of anilines is 4. The molecule has 1 aliphatic rings. The van der Waals surface area contributed by atoms with Gasteiger partial charge >= 0.3 is 12.1 Å². The Hall–Kier alpha value is -5.12. The molecule has 0 aromatic heterocycles. The molecule has 0 saturated heterocycles. The van der Waals surface area contributed by atoms with Crippen molar-refractivity contribution in [3.05, 3.63) is 95.7 Å². The quantitative estimate of drug-likeness (QED) is 0.165. The molecule has 3 aromatic carbocycles. The molecule has 4 N–H and O–H groups in total. The van der Waals surface area contributed by atoms with Gasteiger partial charge in [0.2, 0.25) is 0 Å². The molecule has 0 atom stereocenters.